The van der Waals surface area contributed by atoms with Crippen LogP contribution in [0.25, 0.3) is 0 Å². The van der Waals surface area contributed by atoms with Crippen LogP contribution < -0.4 is 4.72 Å². The van der Waals surface area contributed by atoms with Crippen LogP contribution in [0.5, 0.6) is 5.75 Å². The molecule has 2 rings (SSSR count). The Hall–Kier alpha value is -2.23. The number of nitrogens with one attached hydrogen (secondary N) is 1. The minimum Gasteiger partial charge on any atom is -0.507 e. The van der Waals surface area contributed by atoms with Crippen LogP contribution in [-0.4, -0.2) is 13.5 Å². The molecular formula is C13H9ClN2O3S. The summed E-state index contributed by atoms with van der Waals surface area (Å²) >= 11 is 5.79. The Morgan fingerprint density at radius 2 is 1.90 bits per heavy atom. The Morgan fingerprint density at radius 3 is 2.55 bits per heavy atom. The van der Waals surface area contributed by atoms with E-state index in [1.807, 2.05) is 6.07 Å². The minimum absolute atomic E-state index is 0.0586. The molecule has 0 heterocycles. The summed E-state index contributed by atoms with van der Waals surface area (Å²) in [5.41, 5.74) is 0.191. The average Bonchev–Trinajstić information content (AvgIpc) is 2.39. The Kier molecular flexibility index (Phi) is 3.84. The molecule has 0 saturated carbocycles. The largest absolute Gasteiger partial charge is 0.507 e. The molecule has 7 heteroatoms. The zero-order chi connectivity index (χ0) is 14.8. The van der Waals surface area contributed by atoms with Gasteiger partial charge in [-0.05, 0) is 30.3 Å². The van der Waals surface area contributed by atoms with Gasteiger partial charge in [-0.15, -0.1) is 0 Å². The molecule has 0 atom stereocenters. The summed E-state index contributed by atoms with van der Waals surface area (Å²) in [6.45, 7) is 0. The van der Waals surface area contributed by atoms with Gasteiger partial charge in [0.05, 0.1) is 11.3 Å². The molecule has 0 fully saturated rings. The van der Waals surface area contributed by atoms with Gasteiger partial charge in [-0.25, -0.2) is 8.42 Å². The van der Waals surface area contributed by atoms with Crippen molar-refractivity contribution in [2.45, 2.75) is 4.90 Å². The number of nitrogens with zero attached hydrogens (tertiary/aromatic N) is 1. The molecule has 0 spiro atoms. The van der Waals surface area contributed by atoms with Crippen LogP contribution in [0.3, 0.4) is 0 Å². The quantitative estimate of drug-likeness (QED) is 0.912. The van der Waals surface area contributed by atoms with E-state index in [9.17, 15) is 13.5 Å². The van der Waals surface area contributed by atoms with Crippen molar-refractivity contribution in [3.05, 3.63) is 53.1 Å². The Bertz CT molecular complexity index is 798. The van der Waals surface area contributed by atoms with Gasteiger partial charge in [0.15, 0.2) is 0 Å². The Balaban J connectivity index is 2.47. The highest BCUT2D eigenvalue weighted by Crippen LogP contribution is 2.27. The molecule has 20 heavy (non-hydrogen) atoms. The summed E-state index contributed by atoms with van der Waals surface area (Å²) < 4.78 is 26.6. The van der Waals surface area contributed by atoms with Gasteiger partial charge in [-0.3, -0.25) is 4.72 Å². The third-order valence-corrected chi connectivity index (χ3v) is 4.15. The number of anilines is 1. The number of hydrogen-bond donors (Lipinski definition) is 2. The van der Waals surface area contributed by atoms with Crippen LogP contribution in [-0.2, 0) is 10.0 Å². The smallest absolute Gasteiger partial charge is 0.265 e. The van der Waals surface area contributed by atoms with Gasteiger partial charge in [-0.1, -0.05) is 23.7 Å². The molecule has 0 saturated heterocycles. The number of halogens is 1. The number of phenolic OH excluding ortho intramolecular Hbond substituents is 1. The van der Waals surface area contributed by atoms with E-state index in [0.717, 1.165) is 0 Å². The van der Waals surface area contributed by atoms with E-state index in [1.54, 1.807) is 0 Å². The van der Waals surface area contributed by atoms with Crippen molar-refractivity contribution >= 4 is 27.3 Å². The van der Waals surface area contributed by atoms with Gasteiger partial charge in [-0.2, -0.15) is 5.26 Å². The summed E-state index contributed by atoms with van der Waals surface area (Å²) in [6, 6.07) is 11.6. The third-order valence-electron chi connectivity index (χ3n) is 2.50. The van der Waals surface area contributed by atoms with Crippen molar-refractivity contribution in [3.63, 3.8) is 0 Å². The highest BCUT2D eigenvalue weighted by molar-refractivity contribution is 7.92. The number of phenols is 1. The highest BCUT2D eigenvalue weighted by Gasteiger charge is 2.19. The van der Waals surface area contributed by atoms with Gasteiger partial charge in [0.1, 0.15) is 16.7 Å². The first-order chi connectivity index (χ1) is 9.44. The van der Waals surface area contributed by atoms with E-state index in [1.165, 1.54) is 42.5 Å². The van der Waals surface area contributed by atoms with E-state index in [2.05, 4.69) is 4.72 Å². The molecule has 0 unspecified atom stereocenters. The molecule has 102 valence electrons. The molecular weight excluding hydrogens is 300 g/mol. The van der Waals surface area contributed by atoms with Crippen LogP contribution in [0.15, 0.2) is 47.4 Å². The fourth-order valence-corrected chi connectivity index (χ4v) is 2.92. The molecule has 0 aliphatic heterocycles. The van der Waals surface area contributed by atoms with E-state index in [-0.39, 0.29) is 21.9 Å². The number of nitriles is 1. The van der Waals surface area contributed by atoms with Crippen LogP contribution in [0.1, 0.15) is 5.56 Å². The van der Waals surface area contributed by atoms with Gasteiger partial charge >= 0.3 is 0 Å². The second-order valence-corrected chi connectivity index (χ2v) is 5.96. The monoisotopic (exact) mass is 308 g/mol. The lowest BCUT2D eigenvalue weighted by molar-refractivity contribution is 0.459. The predicted molar refractivity (Wildman–Crippen MR) is 75.1 cm³/mol. The SMILES string of the molecule is N#Cc1ccc(Cl)cc1NS(=O)(=O)c1ccccc1O. The lowest BCUT2D eigenvalue weighted by atomic mass is 10.2. The predicted octanol–water partition coefficient (Wildman–Crippen LogP) is 2.72. The summed E-state index contributed by atoms with van der Waals surface area (Å²) in [7, 11) is -4.00. The molecule has 5 nitrogen and oxygen atoms in total. The van der Waals surface area contributed by atoms with Gasteiger partial charge in [0.25, 0.3) is 10.0 Å². The average molecular weight is 309 g/mol. The Labute approximate surface area is 121 Å². The first-order valence-corrected chi connectivity index (χ1v) is 7.30. The zero-order valence-electron chi connectivity index (χ0n) is 10.0. The molecule has 0 aliphatic rings. The van der Waals surface area contributed by atoms with Crippen LogP contribution in [0, 0.1) is 11.3 Å². The summed E-state index contributed by atoms with van der Waals surface area (Å²) in [5.74, 6) is -0.375. The summed E-state index contributed by atoms with van der Waals surface area (Å²) in [4.78, 5) is -0.274. The molecule has 2 aromatic carbocycles. The van der Waals surface area contributed by atoms with Crippen molar-refractivity contribution in [2.75, 3.05) is 4.72 Å². The number of hydrogen-bond acceptors (Lipinski definition) is 4. The van der Waals surface area contributed by atoms with Crippen molar-refractivity contribution in [1.29, 1.82) is 5.26 Å². The molecule has 2 N–H and O–H groups in total. The van der Waals surface area contributed by atoms with Gasteiger partial charge < -0.3 is 5.11 Å². The van der Waals surface area contributed by atoms with Crippen LogP contribution >= 0.6 is 11.6 Å². The maximum absolute atomic E-state index is 12.2. The number of benzene rings is 2. The Morgan fingerprint density at radius 1 is 1.20 bits per heavy atom. The molecule has 0 bridgehead atoms. The maximum Gasteiger partial charge on any atom is 0.265 e. The summed E-state index contributed by atoms with van der Waals surface area (Å²) in [6.07, 6.45) is 0. The normalized spacial score (nSPS) is 10.8. The standard InChI is InChI=1S/C13H9ClN2O3S/c14-10-6-5-9(8-15)11(7-10)16-20(18,19)13-4-2-1-3-12(13)17/h1-7,16-17H. The van der Waals surface area contributed by atoms with Gasteiger partial charge in [0, 0.05) is 5.02 Å². The molecule has 2 aromatic rings. The molecule has 0 aliphatic carbocycles. The van der Waals surface area contributed by atoms with E-state index in [0.29, 0.717) is 5.02 Å². The molecule has 0 radical (unpaired) electrons. The lowest BCUT2D eigenvalue weighted by Crippen LogP contribution is -2.14. The van der Waals surface area contributed by atoms with Crippen molar-refractivity contribution in [3.8, 4) is 11.8 Å². The minimum atomic E-state index is -4.00. The van der Waals surface area contributed by atoms with Crippen molar-refractivity contribution in [1.82, 2.24) is 0 Å². The fourth-order valence-electron chi connectivity index (χ4n) is 1.58. The van der Waals surface area contributed by atoms with E-state index in [4.69, 9.17) is 16.9 Å². The van der Waals surface area contributed by atoms with E-state index < -0.39 is 10.0 Å². The summed E-state index contributed by atoms with van der Waals surface area (Å²) in [5, 5.41) is 18.8. The zero-order valence-corrected chi connectivity index (χ0v) is 11.6. The topological polar surface area (TPSA) is 90.2 Å². The van der Waals surface area contributed by atoms with Crippen LogP contribution in [0.2, 0.25) is 5.02 Å². The number of aromatic hydroxyl groups is 1. The second kappa shape index (κ2) is 5.41. The lowest BCUT2D eigenvalue weighted by Gasteiger charge is -2.10. The fraction of sp³-hybridized carbons (Fsp3) is 0. The second-order valence-electron chi connectivity index (χ2n) is 3.87. The third kappa shape index (κ3) is 2.85. The number of rotatable bonds is 3. The highest BCUT2D eigenvalue weighted by atomic mass is 35.5. The first kappa shape index (κ1) is 14.2. The van der Waals surface area contributed by atoms with Gasteiger partial charge in [0.2, 0.25) is 0 Å². The maximum atomic E-state index is 12.2. The van der Waals surface area contributed by atoms with Crippen LogP contribution in [0.4, 0.5) is 5.69 Å². The van der Waals surface area contributed by atoms with Crippen molar-refractivity contribution < 1.29 is 13.5 Å². The van der Waals surface area contributed by atoms with Crippen molar-refractivity contribution in [2.24, 2.45) is 0 Å². The molecule has 0 aromatic heterocycles. The van der Waals surface area contributed by atoms with E-state index >= 15 is 0 Å². The number of para-hydroxylation sites is 1. The molecule has 0 amide bonds. The number of sulfonamides is 1. The first-order valence-electron chi connectivity index (χ1n) is 5.44.